The van der Waals surface area contributed by atoms with Crippen LogP contribution in [0.3, 0.4) is 0 Å². The Morgan fingerprint density at radius 2 is 1.25 bits per heavy atom. The summed E-state index contributed by atoms with van der Waals surface area (Å²) >= 11 is -0.826. The zero-order chi connectivity index (χ0) is 24.4. The molecule has 0 saturated heterocycles. The van der Waals surface area contributed by atoms with Crippen molar-refractivity contribution in [2.45, 2.75) is 78.8 Å². The van der Waals surface area contributed by atoms with Gasteiger partial charge >= 0.3 is 37.9 Å². The van der Waals surface area contributed by atoms with Crippen molar-refractivity contribution in [3.05, 3.63) is 53.6 Å². The molecule has 32 heavy (non-hydrogen) atoms. The van der Waals surface area contributed by atoms with Crippen molar-refractivity contribution < 1.29 is 20.8 Å². The van der Waals surface area contributed by atoms with E-state index >= 15 is 0 Å². The van der Waals surface area contributed by atoms with Gasteiger partial charge in [0.15, 0.2) is 0 Å². The topological polar surface area (TPSA) is 0 Å². The van der Waals surface area contributed by atoms with Crippen LogP contribution in [-0.2, 0) is 20.8 Å². The number of halogens is 2. The van der Waals surface area contributed by atoms with Crippen molar-refractivity contribution in [1.82, 2.24) is 0 Å². The Morgan fingerprint density at radius 1 is 0.750 bits per heavy atom. The number of hydrogen-bond donors (Lipinski definition) is 0. The molecule has 3 aromatic rings. The van der Waals surface area contributed by atoms with E-state index in [-0.39, 0.29) is 0 Å². The summed E-state index contributed by atoms with van der Waals surface area (Å²) in [6, 6.07) is 17.2. The molecule has 0 aromatic heterocycles. The number of benzene rings is 2. The summed E-state index contributed by atoms with van der Waals surface area (Å²) in [5, 5.41) is 6.01. The summed E-state index contributed by atoms with van der Waals surface area (Å²) in [6.45, 7) is 24.1. The molecular weight excluding hydrogens is 543 g/mol. The van der Waals surface area contributed by atoms with Gasteiger partial charge in [-0.25, -0.2) is 0 Å². The van der Waals surface area contributed by atoms with E-state index in [9.17, 15) is 0 Å². The molecule has 0 N–H and O–H groups in total. The van der Waals surface area contributed by atoms with Crippen LogP contribution < -0.4 is 10.4 Å². The molecule has 0 fully saturated rings. The van der Waals surface area contributed by atoms with Gasteiger partial charge in [0.1, 0.15) is 0 Å². The van der Waals surface area contributed by atoms with Crippen LogP contribution >= 0.6 is 17.0 Å². The van der Waals surface area contributed by atoms with E-state index < -0.39 is 37.0 Å². The fourth-order valence-electron chi connectivity index (χ4n) is 4.10. The summed E-state index contributed by atoms with van der Waals surface area (Å²) in [5.74, 6) is 1.07. The van der Waals surface area contributed by atoms with Gasteiger partial charge in [-0.2, -0.15) is 6.07 Å². The Bertz CT molecular complexity index is 1020. The van der Waals surface area contributed by atoms with Gasteiger partial charge in [0.05, 0.1) is 16.1 Å². The second-order valence-corrected chi connectivity index (χ2v) is 25.4. The molecule has 3 rings (SSSR count). The zero-order valence-electron chi connectivity index (χ0n) is 21.5. The summed E-state index contributed by atoms with van der Waals surface area (Å²) in [4.78, 5) is 0. The quantitative estimate of drug-likeness (QED) is 0.208. The average Bonchev–Trinajstić information content (AvgIpc) is 3.10. The van der Waals surface area contributed by atoms with E-state index in [2.05, 4.69) is 109 Å². The molecule has 3 aromatic carbocycles. The van der Waals surface area contributed by atoms with Crippen LogP contribution in [0.25, 0.3) is 21.9 Å². The Balaban J connectivity index is 0.00000114. The first-order chi connectivity index (χ1) is 14.7. The van der Waals surface area contributed by atoms with E-state index in [0.717, 1.165) is 0 Å². The van der Waals surface area contributed by atoms with Gasteiger partial charge in [-0.15, -0.1) is 34.5 Å². The predicted octanol–water partition coefficient (Wildman–Crippen LogP) is 8.94. The Morgan fingerprint density at radius 3 is 1.66 bits per heavy atom. The fraction of sp³-hybridized carbons (Fsp3) is 0.444. The first kappa shape index (κ1) is 28.2. The van der Waals surface area contributed by atoms with Crippen LogP contribution in [-0.4, -0.2) is 16.1 Å². The molecule has 0 spiro atoms. The van der Waals surface area contributed by atoms with E-state index in [1.165, 1.54) is 33.0 Å². The molecule has 0 bridgehead atoms. The average molecular weight is 582 g/mol. The molecule has 0 unspecified atom stereocenters. The monoisotopic (exact) mass is 579 g/mol. The molecule has 0 heterocycles. The van der Waals surface area contributed by atoms with Crippen molar-refractivity contribution >= 4 is 54.3 Å². The second kappa shape index (κ2) is 11.1. The molecular formula is C27H39Cl2Si2Zr-. The van der Waals surface area contributed by atoms with Gasteiger partial charge in [-0.05, 0) is 17.4 Å². The van der Waals surface area contributed by atoms with Crippen molar-refractivity contribution in [3.8, 4) is 11.1 Å². The standard InChI is InChI=1S/C27H39Si2.2ClH.Zr/c1-18(2)21-13-20-11-12-25(19(3)4)27(26(20)16-21)22-14-23(28(5,6)7)17-24(15-22)29(8,9)10;;;/h11-19H,1-10H3;2*1H;/q-1;;;+2/p-2. The van der Waals surface area contributed by atoms with Crippen LogP contribution in [0.5, 0.6) is 0 Å². The maximum absolute atomic E-state index is 4.93. The van der Waals surface area contributed by atoms with Crippen LogP contribution in [0.1, 0.15) is 50.7 Å². The summed E-state index contributed by atoms with van der Waals surface area (Å²) in [5.41, 5.74) is 5.85. The third-order valence-corrected chi connectivity index (χ3v) is 10.2. The fourth-order valence-corrected chi connectivity index (χ4v) is 6.59. The Labute approximate surface area is 217 Å². The Hall–Kier alpha value is -0.0531. The predicted molar refractivity (Wildman–Crippen MR) is 151 cm³/mol. The number of fused-ring (bicyclic) bond motifs is 1. The Kier molecular flexibility index (Phi) is 9.80. The third-order valence-electron chi connectivity index (χ3n) is 6.19. The van der Waals surface area contributed by atoms with Gasteiger partial charge in [0.2, 0.25) is 0 Å². The summed E-state index contributed by atoms with van der Waals surface area (Å²) < 4.78 is 0. The zero-order valence-corrected chi connectivity index (χ0v) is 27.4. The molecule has 0 atom stereocenters. The minimum atomic E-state index is -1.41. The van der Waals surface area contributed by atoms with Gasteiger partial charge in [0, 0.05) is 0 Å². The van der Waals surface area contributed by atoms with E-state index in [1.54, 1.807) is 10.4 Å². The third kappa shape index (κ3) is 6.76. The van der Waals surface area contributed by atoms with E-state index in [4.69, 9.17) is 17.0 Å². The maximum atomic E-state index is 4.93. The van der Waals surface area contributed by atoms with Gasteiger partial charge < -0.3 is 0 Å². The van der Waals surface area contributed by atoms with Crippen molar-refractivity contribution in [3.63, 3.8) is 0 Å². The van der Waals surface area contributed by atoms with Gasteiger partial charge in [-0.1, -0.05) is 107 Å². The SMILES string of the molecule is CC(C)c1cc2c(-c3cc([Si](C)(C)C)cc([Si](C)(C)C)c3)c(C(C)C)ccc2[cH-]1.[Cl][Zr][Cl]. The van der Waals surface area contributed by atoms with Crippen molar-refractivity contribution in [2.75, 3.05) is 0 Å². The minimum absolute atomic E-state index is 0.512. The molecule has 174 valence electrons. The molecule has 0 aliphatic rings. The van der Waals surface area contributed by atoms with Crippen molar-refractivity contribution in [2.24, 2.45) is 0 Å². The first-order valence-electron chi connectivity index (χ1n) is 11.6. The normalized spacial score (nSPS) is 12.3. The summed E-state index contributed by atoms with van der Waals surface area (Å²) in [7, 11) is 7.05. The molecule has 0 saturated carbocycles. The first-order valence-corrected chi connectivity index (χ1v) is 24.9. The number of rotatable bonds is 5. The van der Waals surface area contributed by atoms with E-state index in [0.29, 0.717) is 11.8 Å². The molecule has 0 amide bonds. The van der Waals surface area contributed by atoms with Crippen LogP contribution in [0.2, 0.25) is 39.3 Å². The van der Waals surface area contributed by atoms with Gasteiger partial charge in [-0.3, -0.25) is 0 Å². The molecule has 0 nitrogen and oxygen atoms in total. The van der Waals surface area contributed by atoms with Crippen LogP contribution in [0.4, 0.5) is 0 Å². The van der Waals surface area contributed by atoms with Gasteiger partial charge in [0.25, 0.3) is 0 Å². The summed E-state index contributed by atoms with van der Waals surface area (Å²) in [6.07, 6.45) is 0. The second-order valence-electron chi connectivity index (χ2n) is 11.5. The molecule has 0 aliphatic heterocycles. The number of hydrogen-bond acceptors (Lipinski definition) is 0. The van der Waals surface area contributed by atoms with Crippen LogP contribution in [0.15, 0.2) is 42.5 Å². The van der Waals surface area contributed by atoms with Crippen LogP contribution in [0, 0.1) is 0 Å². The molecule has 5 heteroatoms. The van der Waals surface area contributed by atoms with Crippen molar-refractivity contribution in [1.29, 1.82) is 0 Å². The molecule has 0 radical (unpaired) electrons. The van der Waals surface area contributed by atoms with E-state index in [1.807, 2.05) is 0 Å². The molecule has 0 aliphatic carbocycles.